The van der Waals surface area contributed by atoms with E-state index in [9.17, 15) is 31.1 Å². The Balaban J connectivity index is 2.15. The van der Waals surface area contributed by atoms with Crippen molar-refractivity contribution in [3.63, 3.8) is 0 Å². The third kappa shape index (κ3) is 3.07. The Morgan fingerprint density at radius 1 is 0.962 bits per heavy atom. The standard InChI is InChI=1S/C15H7F6N3O2/c16-14(17,18)8-3-1-7(2-4-8)9-5-6-24-12(22-9)10(13(25)26)11(23-24)15(19,20)21/h1-6H,(H,25,26). The van der Waals surface area contributed by atoms with Crippen LogP contribution < -0.4 is 0 Å². The second-order valence-corrected chi connectivity index (χ2v) is 5.18. The zero-order valence-corrected chi connectivity index (χ0v) is 12.4. The van der Waals surface area contributed by atoms with Crippen LogP contribution in [-0.2, 0) is 12.4 Å². The van der Waals surface area contributed by atoms with E-state index < -0.39 is 40.8 Å². The van der Waals surface area contributed by atoms with Crippen molar-refractivity contribution < 1.29 is 36.2 Å². The fourth-order valence-electron chi connectivity index (χ4n) is 2.32. The van der Waals surface area contributed by atoms with Crippen molar-refractivity contribution in [2.24, 2.45) is 0 Å². The molecule has 0 aliphatic rings. The molecule has 2 heterocycles. The number of halogens is 6. The fourth-order valence-corrected chi connectivity index (χ4v) is 2.32. The number of hydrogen-bond donors (Lipinski definition) is 1. The molecular formula is C15H7F6N3O2. The van der Waals surface area contributed by atoms with Crippen molar-refractivity contribution in [3.8, 4) is 11.3 Å². The normalized spacial score (nSPS) is 12.5. The molecule has 11 heteroatoms. The van der Waals surface area contributed by atoms with Gasteiger partial charge in [0.25, 0.3) is 0 Å². The highest BCUT2D eigenvalue weighted by molar-refractivity contribution is 5.96. The quantitative estimate of drug-likeness (QED) is 0.684. The molecule has 2 aromatic heterocycles. The molecule has 3 aromatic rings. The predicted octanol–water partition coefficient (Wildman–Crippen LogP) is 4.13. The first-order chi connectivity index (χ1) is 12.0. The summed E-state index contributed by atoms with van der Waals surface area (Å²) in [5.74, 6) is -1.87. The van der Waals surface area contributed by atoms with Crippen molar-refractivity contribution in [1.29, 1.82) is 0 Å². The Morgan fingerprint density at radius 2 is 1.58 bits per heavy atom. The van der Waals surface area contributed by atoms with Crippen LogP contribution in [0.5, 0.6) is 0 Å². The van der Waals surface area contributed by atoms with E-state index in [2.05, 4.69) is 10.1 Å². The first-order valence-electron chi connectivity index (χ1n) is 6.86. The molecule has 1 aromatic carbocycles. The number of alkyl halides is 6. The topological polar surface area (TPSA) is 67.5 Å². The number of hydrogen-bond acceptors (Lipinski definition) is 3. The van der Waals surface area contributed by atoms with E-state index in [1.165, 1.54) is 6.07 Å². The third-order valence-electron chi connectivity index (χ3n) is 3.48. The number of rotatable bonds is 2. The van der Waals surface area contributed by atoms with Crippen molar-refractivity contribution in [2.45, 2.75) is 12.4 Å². The first-order valence-corrected chi connectivity index (χ1v) is 6.86. The van der Waals surface area contributed by atoms with E-state index in [0.717, 1.165) is 30.5 Å². The number of carboxylic acid groups (broad SMARTS) is 1. The van der Waals surface area contributed by atoms with E-state index in [1.807, 2.05) is 0 Å². The highest BCUT2D eigenvalue weighted by atomic mass is 19.4. The smallest absolute Gasteiger partial charge is 0.436 e. The number of aromatic carboxylic acids is 1. The monoisotopic (exact) mass is 375 g/mol. The van der Waals surface area contributed by atoms with Gasteiger partial charge in [0.05, 0.1) is 11.3 Å². The number of benzene rings is 1. The van der Waals surface area contributed by atoms with Crippen LogP contribution in [0.2, 0.25) is 0 Å². The lowest BCUT2D eigenvalue weighted by Crippen LogP contribution is -2.12. The van der Waals surface area contributed by atoms with E-state index in [1.54, 1.807) is 0 Å². The van der Waals surface area contributed by atoms with Gasteiger partial charge in [-0.25, -0.2) is 14.3 Å². The first kappa shape index (κ1) is 17.7. The molecular weight excluding hydrogens is 368 g/mol. The molecule has 0 fully saturated rings. The number of fused-ring (bicyclic) bond motifs is 1. The second-order valence-electron chi connectivity index (χ2n) is 5.18. The lowest BCUT2D eigenvalue weighted by molar-refractivity contribution is -0.141. The maximum absolute atomic E-state index is 13.0. The van der Waals surface area contributed by atoms with Crippen LogP contribution >= 0.6 is 0 Å². The van der Waals surface area contributed by atoms with Crippen LogP contribution in [0.4, 0.5) is 26.3 Å². The Hall–Kier alpha value is -3.11. The van der Waals surface area contributed by atoms with Gasteiger partial charge in [-0.05, 0) is 18.2 Å². The van der Waals surface area contributed by atoms with Crippen LogP contribution in [0.25, 0.3) is 16.9 Å². The molecule has 0 bridgehead atoms. The average molecular weight is 375 g/mol. The minimum absolute atomic E-state index is 0.00217. The zero-order chi connectivity index (χ0) is 19.3. The summed E-state index contributed by atoms with van der Waals surface area (Å²) >= 11 is 0. The summed E-state index contributed by atoms with van der Waals surface area (Å²) in [6, 6.07) is 4.97. The van der Waals surface area contributed by atoms with Gasteiger partial charge in [-0.3, -0.25) is 0 Å². The molecule has 26 heavy (non-hydrogen) atoms. The van der Waals surface area contributed by atoms with Crippen LogP contribution in [-0.4, -0.2) is 25.7 Å². The van der Waals surface area contributed by atoms with Gasteiger partial charge in [0.15, 0.2) is 11.3 Å². The van der Waals surface area contributed by atoms with Gasteiger partial charge in [-0.1, -0.05) is 12.1 Å². The minimum atomic E-state index is -5.00. The Kier molecular flexibility index (Phi) is 3.89. The highest BCUT2D eigenvalue weighted by Gasteiger charge is 2.41. The number of aromatic nitrogens is 3. The minimum Gasteiger partial charge on any atom is -0.477 e. The molecule has 0 aliphatic carbocycles. The molecule has 0 unspecified atom stereocenters. The summed E-state index contributed by atoms with van der Waals surface area (Å²) in [4.78, 5) is 15.1. The maximum Gasteiger partial charge on any atom is 0.436 e. The molecule has 0 amide bonds. The average Bonchev–Trinajstić information content (AvgIpc) is 2.93. The Morgan fingerprint density at radius 3 is 2.08 bits per heavy atom. The summed E-state index contributed by atoms with van der Waals surface area (Å²) in [6.07, 6.45) is -8.49. The molecule has 1 N–H and O–H groups in total. The predicted molar refractivity (Wildman–Crippen MR) is 75.4 cm³/mol. The van der Waals surface area contributed by atoms with Crippen LogP contribution in [0, 0.1) is 0 Å². The summed E-state index contributed by atoms with van der Waals surface area (Å²) in [5, 5.41) is 12.3. The SMILES string of the molecule is O=C(O)c1c(C(F)(F)F)nn2ccc(-c3ccc(C(F)(F)F)cc3)nc12. The van der Waals surface area contributed by atoms with E-state index in [4.69, 9.17) is 5.11 Å². The molecule has 0 aliphatic heterocycles. The van der Waals surface area contributed by atoms with E-state index in [-0.39, 0.29) is 11.3 Å². The molecule has 0 atom stereocenters. The largest absolute Gasteiger partial charge is 0.477 e. The Bertz CT molecular complexity index is 990. The van der Waals surface area contributed by atoms with Gasteiger partial charge in [0.2, 0.25) is 0 Å². The summed E-state index contributed by atoms with van der Waals surface area (Å²) in [7, 11) is 0. The van der Waals surface area contributed by atoms with E-state index >= 15 is 0 Å². The molecule has 0 spiro atoms. The summed E-state index contributed by atoms with van der Waals surface area (Å²) in [5.41, 5.74) is -4.04. The van der Waals surface area contributed by atoms with Gasteiger partial charge in [-0.2, -0.15) is 31.4 Å². The maximum atomic E-state index is 13.0. The van der Waals surface area contributed by atoms with Crippen LogP contribution in [0.3, 0.4) is 0 Å². The van der Waals surface area contributed by atoms with Crippen molar-refractivity contribution in [1.82, 2.24) is 14.6 Å². The molecule has 0 saturated carbocycles. The fraction of sp³-hybridized carbons (Fsp3) is 0.133. The van der Waals surface area contributed by atoms with Gasteiger partial charge in [0.1, 0.15) is 5.56 Å². The van der Waals surface area contributed by atoms with E-state index in [0.29, 0.717) is 4.52 Å². The second kappa shape index (κ2) is 5.71. The zero-order valence-electron chi connectivity index (χ0n) is 12.4. The number of nitrogens with zero attached hydrogens (tertiary/aromatic N) is 3. The number of carbonyl (C=O) groups is 1. The van der Waals surface area contributed by atoms with Crippen molar-refractivity contribution in [3.05, 3.63) is 53.3 Å². The van der Waals surface area contributed by atoms with Gasteiger partial charge < -0.3 is 5.11 Å². The van der Waals surface area contributed by atoms with Gasteiger partial charge >= 0.3 is 18.3 Å². The van der Waals surface area contributed by atoms with Gasteiger partial charge in [0, 0.05) is 11.8 Å². The van der Waals surface area contributed by atoms with Crippen molar-refractivity contribution >= 4 is 11.6 Å². The van der Waals surface area contributed by atoms with Crippen LogP contribution in [0.1, 0.15) is 21.6 Å². The lowest BCUT2D eigenvalue weighted by atomic mass is 10.1. The molecule has 5 nitrogen and oxygen atoms in total. The summed E-state index contributed by atoms with van der Waals surface area (Å²) in [6.45, 7) is 0. The molecule has 136 valence electrons. The van der Waals surface area contributed by atoms with Crippen molar-refractivity contribution in [2.75, 3.05) is 0 Å². The molecule has 3 rings (SSSR count). The summed E-state index contributed by atoms with van der Waals surface area (Å²) < 4.78 is 77.3. The Labute approximate surface area is 140 Å². The highest BCUT2D eigenvalue weighted by Crippen LogP contribution is 2.34. The number of carboxylic acids is 1. The molecule has 0 saturated heterocycles. The lowest BCUT2D eigenvalue weighted by Gasteiger charge is -2.07. The molecule has 0 radical (unpaired) electrons. The van der Waals surface area contributed by atoms with Gasteiger partial charge in [-0.15, -0.1) is 0 Å². The van der Waals surface area contributed by atoms with Crippen LogP contribution in [0.15, 0.2) is 36.5 Å². The third-order valence-corrected chi connectivity index (χ3v) is 3.48.